The molecule has 0 saturated carbocycles. The van der Waals surface area contributed by atoms with Gasteiger partial charge < -0.3 is 10.1 Å². The number of aldehydes is 1. The summed E-state index contributed by atoms with van der Waals surface area (Å²) in [6, 6.07) is 28.6. The Kier molecular flexibility index (Phi) is 5.34. The molecule has 0 aromatic heterocycles. The SMILES string of the molecule is O=Cc1c(OCC(=O)Nc2ccccc2-c2ccccc2)ccc2ccccc12. The van der Waals surface area contributed by atoms with Crippen molar-refractivity contribution in [2.75, 3.05) is 11.9 Å². The topological polar surface area (TPSA) is 55.4 Å². The zero-order chi connectivity index (χ0) is 20.1. The summed E-state index contributed by atoms with van der Waals surface area (Å²) in [5.74, 6) is 0.101. The molecule has 1 N–H and O–H groups in total. The lowest BCUT2D eigenvalue weighted by atomic mass is 10.0. The van der Waals surface area contributed by atoms with Gasteiger partial charge in [-0.15, -0.1) is 0 Å². The minimum absolute atomic E-state index is 0.192. The lowest BCUT2D eigenvalue weighted by molar-refractivity contribution is -0.118. The van der Waals surface area contributed by atoms with Crippen LogP contribution in [0, 0.1) is 0 Å². The van der Waals surface area contributed by atoms with Crippen LogP contribution in [0.2, 0.25) is 0 Å². The largest absolute Gasteiger partial charge is 0.483 e. The number of benzene rings is 4. The Morgan fingerprint density at radius 1 is 0.828 bits per heavy atom. The van der Waals surface area contributed by atoms with Crippen molar-refractivity contribution in [2.45, 2.75) is 0 Å². The summed E-state index contributed by atoms with van der Waals surface area (Å²) in [7, 11) is 0. The van der Waals surface area contributed by atoms with Crippen LogP contribution >= 0.6 is 0 Å². The third kappa shape index (κ3) is 4.01. The van der Waals surface area contributed by atoms with Crippen LogP contribution < -0.4 is 10.1 Å². The van der Waals surface area contributed by atoms with Crippen molar-refractivity contribution in [3.63, 3.8) is 0 Å². The maximum Gasteiger partial charge on any atom is 0.262 e. The number of fused-ring (bicyclic) bond motifs is 1. The Hall–Kier alpha value is -3.92. The number of carbonyl (C=O) groups is 2. The zero-order valence-corrected chi connectivity index (χ0v) is 15.7. The van der Waals surface area contributed by atoms with Crippen molar-refractivity contribution in [3.8, 4) is 16.9 Å². The Bertz CT molecular complexity index is 1170. The Balaban J connectivity index is 1.51. The van der Waals surface area contributed by atoms with Crippen molar-refractivity contribution >= 4 is 28.7 Å². The number of carbonyl (C=O) groups excluding carboxylic acids is 2. The maximum atomic E-state index is 12.5. The lowest BCUT2D eigenvalue weighted by Gasteiger charge is -2.13. The van der Waals surface area contributed by atoms with E-state index in [1.165, 1.54) is 0 Å². The highest BCUT2D eigenvalue weighted by atomic mass is 16.5. The molecule has 0 heterocycles. The van der Waals surface area contributed by atoms with Gasteiger partial charge in [0.05, 0.1) is 5.56 Å². The average molecular weight is 381 g/mol. The summed E-state index contributed by atoms with van der Waals surface area (Å²) in [4.78, 5) is 24.1. The van der Waals surface area contributed by atoms with Gasteiger partial charge in [0, 0.05) is 11.3 Å². The fourth-order valence-electron chi connectivity index (χ4n) is 3.31. The van der Waals surface area contributed by atoms with Gasteiger partial charge in [0.1, 0.15) is 5.75 Å². The van der Waals surface area contributed by atoms with Gasteiger partial charge in [-0.3, -0.25) is 9.59 Å². The summed E-state index contributed by atoms with van der Waals surface area (Å²) in [5, 5.41) is 4.65. The van der Waals surface area contributed by atoms with Crippen LogP contribution in [0.15, 0.2) is 91.0 Å². The molecule has 1 amide bonds. The molecule has 0 aliphatic heterocycles. The Morgan fingerprint density at radius 2 is 1.55 bits per heavy atom. The summed E-state index contributed by atoms with van der Waals surface area (Å²) in [6.45, 7) is -0.192. The van der Waals surface area contributed by atoms with E-state index in [0.717, 1.165) is 28.2 Å². The first-order valence-corrected chi connectivity index (χ1v) is 9.30. The highest BCUT2D eigenvalue weighted by Gasteiger charge is 2.12. The van der Waals surface area contributed by atoms with Crippen molar-refractivity contribution in [3.05, 3.63) is 96.6 Å². The van der Waals surface area contributed by atoms with Crippen LogP contribution in [0.4, 0.5) is 5.69 Å². The number of hydrogen-bond donors (Lipinski definition) is 1. The highest BCUT2D eigenvalue weighted by Crippen LogP contribution is 2.28. The van der Waals surface area contributed by atoms with Gasteiger partial charge in [0.2, 0.25) is 0 Å². The molecular formula is C25H19NO3. The molecule has 0 saturated heterocycles. The molecule has 0 bridgehead atoms. The van der Waals surface area contributed by atoms with Crippen LogP contribution in [0.25, 0.3) is 21.9 Å². The average Bonchev–Trinajstić information content (AvgIpc) is 2.78. The molecule has 0 aliphatic carbocycles. The maximum absolute atomic E-state index is 12.5. The third-order valence-corrected chi connectivity index (χ3v) is 4.69. The minimum Gasteiger partial charge on any atom is -0.483 e. The molecule has 0 unspecified atom stereocenters. The van der Waals surface area contributed by atoms with Gasteiger partial charge >= 0.3 is 0 Å². The normalized spacial score (nSPS) is 10.5. The highest BCUT2D eigenvalue weighted by molar-refractivity contribution is 6.01. The van der Waals surface area contributed by atoms with Crippen LogP contribution in [0.3, 0.4) is 0 Å². The second kappa shape index (κ2) is 8.40. The molecule has 4 aromatic carbocycles. The van der Waals surface area contributed by atoms with Crippen LogP contribution in [0.5, 0.6) is 5.75 Å². The molecule has 0 spiro atoms. The molecule has 0 radical (unpaired) electrons. The zero-order valence-electron chi connectivity index (χ0n) is 15.7. The molecular weight excluding hydrogens is 362 g/mol. The summed E-state index contributed by atoms with van der Waals surface area (Å²) < 4.78 is 5.67. The number of nitrogens with one attached hydrogen (secondary N) is 1. The molecule has 4 nitrogen and oxygen atoms in total. The van der Waals surface area contributed by atoms with E-state index in [0.29, 0.717) is 17.0 Å². The smallest absolute Gasteiger partial charge is 0.262 e. The number of anilines is 1. The first-order chi connectivity index (χ1) is 14.3. The van der Waals surface area contributed by atoms with E-state index in [9.17, 15) is 9.59 Å². The van der Waals surface area contributed by atoms with E-state index in [-0.39, 0.29) is 12.5 Å². The second-order valence-electron chi connectivity index (χ2n) is 6.56. The molecule has 4 heteroatoms. The molecule has 0 fully saturated rings. The molecule has 29 heavy (non-hydrogen) atoms. The monoisotopic (exact) mass is 381 g/mol. The standard InChI is InChI=1S/C25H19NO3/c27-16-22-20-11-5-4-10-19(20)14-15-24(22)29-17-25(28)26-23-13-7-6-12-21(23)18-8-2-1-3-9-18/h1-16H,17H2,(H,26,28). The van der Waals surface area contributed by atoms with Gasteiger partial charge in [0.15, 0.2) is 12.9 Å². The van der Waals surface area contributed by atoms with E-state index in [2.05, 4.69) is 5.32 Å². The molecule has 0 atom stereocenters. The van der Waals surface area contributed by atoms with Gasteiger partial charge in [-0.25, -0.2) is 0 Å². The quantitative estimate of drug-likeness (QED) is 0.459. The second-order valence-corrected chi connectivity index (χ2v) is 6.56. The Morgan fingerprint density at radius 3 is 2.38 bits per heavy atom. The van der Waals surface area contributed by atoms with Crippen LogP contribution in [-0.2, 0) is 4.79 Å². The third-order valence-electron chi connectivity index (χ3n) is 4.69. The molecule has 4 rings (SSSR count). The first kappa shape index (κ1) is 18.4. The number of hydrogen-bond acceptors (Lipinski definition) is 3. The molecule has 0 aliphatic rings. The van der Waals surface area contributed by atoms with Gasteiger partial charge in [-0.05, 0) is 28.5 Å². The van der Waals surface area contributed by atoms with Crippen molar-refractivity contribution in [1.29, 1.82) is 0 Å². The minimum atomic E-state index is -0.293. The van der Waals surface area contributed by atoms with E-state index in [1.54, 1.807) is 6.07 Å². The van der Waals surface area contributed by atoms with Gasteiger partial charge in [-0.2, -0.15) is 0 Å². The summed E-state index contributed by atoms with van der Waals surface area (Å²) in [5.41, 5.74) is 3.10. The summed E-state index contributed by atoms with van der Waals surface area (Å²) >= 11 is 0. The van der Waals surface area contributed by atoms with Crippen LogP contribution in [0.1, 0.15) is 10.4 Å². The van der Waals surface area contributed by atoms with Gasteiger partial charge in [0.25, 0.3) is 5.91 Å². The fraction of sp³-hybridized carbons (Fsp3) is 0.0400. The van der Waals surface area contributed by atoms with Crippen molar-refractivity contribution in [2.24, 2.45) is 0 Å². The fourth-order valence-corrected chi connectivity index (χ4v) is 3.31. The summed E-state index contributed by atoms with van der Waals surface area (Å²) in [6.07, 6.45) is 0.764. The number of para-hydroxylation sites is 1. The number of amides is 1. The van der Waals surface area contributed by atoms with Crippen molar-refractivity contribution < 1.29 is 14.3 Å². The predicted molar refractivity (Wildman–Crippen MR) is 115 cm³/mol. The molecule has 142 valence electrons. The molecule has 4 aromatic rings. The number of ether oxygens (including phenoxy) is 1. The Labute approximate surface area is 168 Å². The predicted octanol–water partition coefficient (Wildman–Crippen LogP) is 5.34. The van der Waals surface area contributed by atoms with E-state index in [4.69, 9.17) is 4.74 Å². The van der Waals surface area contributed by atoms with E-state index in [1.807, 2.05) is 84.9 Å². The van der Waals surface area contributed by atoms with E-state index >= 15 is 0 Å². The van der Waals surface area contributed by atoms with Crippen LogP contribution in [-0.4, -0.2) is 18.8 Å². The van der Waals surface area contributed by atoms with Gasteiger partial charge in [-0.1, -0.05) is 78.9 Å². The first-order valence-electron chi connectivity index (χ1n) is 9.30. The van der Waals surface area contributed by atoms with Crippen molar-refractivity contribution in [1.82, 2.24) is 0 Å². The lowest BCUT2D eigenvalue weighted by Crippen LogP contribution is -2.21. The van der Waals surface area contributed by atoms with E-state index < -0.39 is 0 Å². The number of rotatable bonds is 6.